The molecule has 8 nitrogen and oxygen atoms in total. The minimum atomic E-state index is -0.801. The minimum absolute atomic E-state index is 0. The number of amidine groups is 1. The number of ketones is 1. The van der Waals surface area contributed by atoms with Crippen molar-refractivity contribution in [3.63, 3.8) is 0 Å². The van der Waals surface area contributed by atoms with Gasteiger partial charge in [-0.2, -0.15) is 0 Å². The first kappa shape index (κ1) is 31.6. The molecule has 0 bridgehead atoms. The van der Waals surface area contributed by atoms with Crippen molar-refractivity contribution < 1.29 is 19.4 Å². The van der Waals surface area contributed by atoms with Crippen molar-refractivity contribution in [3.8, 4) is 5.75 Å². The standard InChI is InChI=1S/C31H42N4O4.BrH/c1-6-34(7-2)25-17-22(16-23(31(3,4)5)29(25)39-15-9-8-10-27(37)38)26(36)19-35-18-21-13-14-24(20-11-12-20)33-28(21)30(35)32;/h13-14,16-17,20,32H,6-12,15,18-19H2,1-5H3,(H,37,38);1H. The predicted molar refractivity (Wildman–Crippen MR) is 164 cm³/mol. The molecule has 1 aliphatic heterocycles. The number of carboxylic acid groups (broad SMARTS) is 1. The molecule has 2 aromatic rings. The largest absolute Gasteiger partial charge is 0.491 e. The monoisotopic (exact) mass is 614 g/mol. The lowest BCUT2D eigenvalue weighted by molar-refractivity contribution is -0.137. The highest BCUT2D eigenvalue weighted by Crippen LogP contribution is 2.41. The lowest BCUT2D eigenvalue weighted by Crippen LogP contribution is -2.31. The lowest BCUT2D eigenvalue weighted by atomic mass is 9.84. The Balaban J connectivity index is 0.00000441. The van der Waals surface area contributed by atoms with Gasteiger partial charge >= 0.3 is 5.97 Å². The molecule has 218 valence electrons. The summed E-state index contributed by atoms with van der Waals surface area (Å²) in [6.45, 7) is 13.0. The van der Waals surface area contributed by atoms with Gasteiger partial charge in [0.25, 0.3) is 0 Å². The quantitative estimate of drug-likeness (QED) is 0.200. The number of benzene rings is 1. The van der Waals surface area contributed by atoms with E-state index in [-0.39, 0.29) is 41.1 Å². The molecule has 0 radical (unpaired) electrons. The van der Waals surface area contributed by atoms with Gasteiger partial charge in [0.15, 0.2) is 5.78 Å². The predicted octanol–water partition coefficient (Wildman–Crippen LogP) is 6.34. The molecule has 1 fully saturated rings. The number of hydrogen-bond donors (Lipinski definition) is 2. The number of carbonyl (C=O) groups excluding carboxylic acids is 1. The zero-order chi connectivity index (χ0) is 28.3. The summed E-state index contributed by atoms with van der Waals surface area (Å²) in [5, 5.41) is 17.7. The molecule has 9 heteroatoms. The molecule has 0 amide bonds. The SMILES string of the molecule is Br.CCN(CC)c1cc(C(=O)CN2Cc3ccc(C4CC4)nc3C2=N)cc(C(C)(C)C)c1OCCCCC(=O)O. The molecular formula is C31H43BrN4O4. The average Bonchev–Trinajstić information content (AvgIpc) is 3.69. The summed E-state index contributed by atoms with van der Waals surface area (Å²) < 4.78 is 6.33. The van der Waals surface area contributed by atoms with Crippen LogP contribution in [0.4, 0.5) is 5.69 Å². The van der Waals surface area contributed by atoms with E-state index in [2.05, 4.69) is 51.7 Å². The molecule has 0 spiro atoms. The molecule has 1 aromatic heterocycles. The van der Waals surface area contributed by atoms with Crippen LogP contribution in [0.5, 0.6) is 5.75 Å². The highest BCUT2D eigenvalue weighted by molar-refractivity contribution is 8.93. The van der Waals surface area contributed by atoms with Crippen LogP contribution in [0.15, 0.2) is 24.3 Å². The zero-order valence-corrected chi connectivity index (χ0v) is 26.1. The summed E-state index contributed by atoms with van der Waals surface area (Å²) in [6.07, 6.45) is 3.64. The fourth-order valence-electron chi connectivity index (χ4n) is 5.11. The first-order chi connectivity index (χ1) is 18.5. The van der Waals surface area contributed by atoms with E-state index in [0.717, 1.165) is 54.2 Å². The van der Waals surface area contributed by atoms with Crippen LogP contribution in [0.25, 0.3) is 0 Å². The molecule has 1 saturated carbocycles. The highest BCUT2D eigenvalue weighted by Gasteiger charge is 2.32. The third kappa shape index (κ3) is 7.22. The number of rotatable bonds is 13. The number of aliphatic carboxylic acids is 1. The summed E-state index contributed by atoms with van der Waals surface area (Å²) in [5.41, 5.74) is 4.92. The molecule has 0 unspecified atom stereocenters. The van der Waals surface area contributed by atoms with Crippen molar-refractivity contribution >= 4 is 40.3 Å². The number of hydrogen-bond acceptors (Lipinski definition) is 6. The highest BCUT2D eigenvalue weighted by atomic mass is 79.9. The fraction of sp³-hybridized carbons (Fsp3) is 0.548. The number of nitrogens with one attached hydrogen (secondary N) is 1. The Kier molecular flexibility index (Phi) is 10.4. The number of ether oxygens (including phenoxy) is 1. The molecule has 2 aliphatic rings. The maximum absolute atomic E-state index is 13.7. The number of carbonyl (C=O) groups is 2. The number of unbranched alkanes of at least 4 members (excludes halogenated alkanes) is 1. The van der Waals surface area contributed by atoms with Crippen LogP contribution in [-0.2, 0) is 16.8 Å². The number of Topliss-reactive ketones (excluding diaryl/α,β-unsaturated/α-hetero) is 1. The van der Waals surface area contributed by atoms with Gasteiger partial charge in [0.05, 0.1) is 18.8 Å². The van der Waals surface area contributed by atoms with E-state index in [0.29, 0.717) is 49.0 Å². The van der Waals surface area contributed by atoms with E-state index < -0.39 is 5.97 Å². The molecule has 1 aromatic carbocycles. The summed E-state index contributed by atoms with van der Waals surface area (Å²) in [5.74, 6) is 0.761. The number of fused-ring (bicyclic) bond motifs is 1. The van der Waals surface area contributed by atoms with Gasteiger partial charge in [-0.25, -0.2) is 4.98 Å². The third-order valence-electron chi connectivity index (χ3n) is 7.57. The first-order valence-corrected chi connectivity index (χ1v) is 14.2. The maximum Gasteiger partial charge on any atom is 0.303 e. The summed E-state index contributed by atoms with van der Waals surface area (Å²) >= 11 is 0. The lowest BCUT2D eigenvalue weighted by Gasteiger charge is -2.31. The van der Waals surface area contributed by atoms with Crippen molar-refractivity contribution in [2.24, 2.45) is 0 Å². The van der Waals surface area contributed by atoms with Crippen molar-refractivity contribution in [1.82, 2.24) is 9.88 Å². The number of nitrogens with zero attached hydrogens (tertiary/aromatic N) is 3. The Morgan fingerprint density at radius 2 is 1.85 bits per heavy atom. The molecule has 2 N–H and O–H groups in total. The van der Waals surface area contributed by atoms with Crippen molar-refractivity contribution in [2.45, 2.75) is 84.6 Å². The van der Waals surface area contributed by atoms with E-state index in [1.807, 2.05) is 17.0 Å². The van der Waals surface area contributed by atoms with Crippen molar-refractivity contribution in [1.29, 1.82) is 5.41 Å². The Bertz CT molecular complexity index is 1250. The van der Waals surface area contributed by atoms with Crippen molar-refractivity contribution in [2.75, 3.05) is 31.1 Å². The smallest absolute Gasteiger partial charge is 0.303 e. The van der Waals surface area contributed by atoms with Crippen LogP contribution in [0.2, 0.25) is 0 Å². The second kappa shape index (κ2) is 13.1. The van der Waals surface area contributed by atoms with Gasteiger partial charge in [0, 0.05) is 54.4 Å². The number of anilines is 1. The number of halogens is 1. The minimum Gasteiger partial charge on any atom is -0.491 e. The molecule has 1 aliphatic carbocycles. The molecule has 0 atom stereocenters. The third-order valence-corrected chi connectivity index (χ3v) is 7.57. The van der Waals surface area contributed by atoms with Gasteiger partial charge in [0.1, 0.15) is 17.3 Å². The van der Waals surface area contributed by atoms with Crippen LogP contribution in [0, 0.1) is 5.41 Å². The average molecular weight is 616 g/mol. The number of aromatic nitrogens is 1. The van der Waals surface area contributed by atoms with Gasteiger partial charge in [-0.05, 0) is 63.1 Å². The second-order valence-corrected chi connectivity index (χ2v) is 11.6. The van der Waals surface area contributed by atoms with Crippen LogP contribution in [0.1, 0.15) is 106 Å². The molecule has 2 heterocycles. The zero-order valence-electron chi connectivity index (χ0n) is 24.4. The topological polar surface area (TPSA) is 107 Å². The number of pyridine rings is 1. The van der Waals surface area contributed by atoms with Gasteiger partial charge in [0.2, 0.25) is 0 Å². The van der Waals surface area contributed by atoms with Crippen LogP contribution >= 0.6 is 17.0 Å². The molecule has 40 heavy (non-hydrogen) atoms. The Morgan fingerprint density at radius 3 is 2.45 bits per heavy atom. The van der Waals surface area contributed by atoms with E-state index in [1.54, 1.807) is 0 Å². The van der Waals surface area contributed by atoms with Gasteiger partial charge in [-0.1, -0.05) is 26.8 Å². The van der Waals surface area contributed by atoms with E-state index in [9.17, 15) is 9.59 Å². The van der Waals surface area contributed by atoms with Crippen LogP contribution in [-0.4, -0.2) is 58.8 Å². The summed E-state index contributed by atoms with van der Waals surface area (Å²) in [4.78, 5) is 33.4. The van der Waals surface area contributed by atoms with Gasteiger partial charge in [-0.15, -0.1) is 17.0 Å². The molecule has 4 rings (SSSR count). The van der Waals surface area contributed by atoms with E-state index in [4.69, 9.17) is 20.2 Å². The maximum atomic E-state index is 13.7. The Hall–Kier alpha value is -2.94. The summed E-state index contributed by atoms with van der Waals surface area (Å²) in [6, 6.07) is 8.00. The molecular weight excluding hydrogens is 572 g/mol. The van der Waals surface area contributed by atoms with Crippen LogP contribution in [0.3, 0.4) is 0 Å². The number of carboxylic acids is 1. The molecule has 0 saturated heterocycles. The first-order valence-electron chi connectivity index (χ1n) is 14.2. The summed E-state index contributed by atoms with van der Waals surface area (Å²) in [7, 11) is 0. The van der Waals surface area contributed by atoms with Gasteiger partial charge < -0.3 is 19.6 Å². The van der Waals surface area contributed by atoms with E-state index >= 15 is 0 Å². The van der Waals surface area contributed by atoms with Crippen LogP contribution < -0.4 is 9.64 Å². The van der Waals surface area contributed by atoms with E-state index in [1.165, 1.54) is 0 Å². The Labute approximate surface area is 248 Å². The van der Waals surface area contributed by atoms with Crippen molar-refractivity contribution in [3.05, 3.63) is 52.3 Å². The second-order valence-electron chi connectivity index (χ2n) is 11.6. The normalized spacial score (nSPS) is 14.5. The Morgan fingerprint density at radius 1 is 1.15 bits per heavy atom. The van der Waals surface area contributed by atoms with Gasteiger partial charge in [-0.3, -0.25) is 15.0 Å². The fourth-order valence-corrected chi connectivity index (χ4v) is 5.11.